The van der Waals surface area contributed by atoms with Gasteiger partial charge in [-0.15, -0.1) is 0 Å². The van der Waals surface area contributed by atoms with Gasteiger partial charge in [0.15, 0.2) is 0 Å². The van der Waals surface area contributed by atoms with Gasteiger partial charge in [-0.25, -0.2) is 20.8 Å². The molecule has 4 aromatic carbocycles. The number of fused-ring (bicyclic) bond motifs is 4. The van der Waals surface area contributed by atoms with Crippen LogP contribution in [0.5, 0.6) is 11.5 Å². The van der Waals surface area contributed by atoms with Gasteiger partial charge in [0.05, 0.1) is 65.8 Å². The van der Waals surface area contributed by atoms with Crippen molar-refractivity contribution in [2.24, 2.45) is 0 Å². The Balaban J connectivity index is 0.000000174. The second kappa shape index (κ2) is 16.1. The smallest absolute Gasteiger partial charge is 0.236 e. The van der Waals surface area contributed by atoms with Gasteiger partial charge < -0.3 is 23.6 Å². The lowest BCUT2D eigenvalue weighted by Gasteiger charge is -2.10. The number of nitrogens with zero attached hydrogens (tertiary/aromatic N) is 5. The third-order valence-electron chi connectivity index (χ3n) is 9.51. The van der Waals surface area contributed by atoms with Gasteiger partial charge in [-0.2, -0.15) is 10.5 Å². The van der Waals surface area contributed by atoms with E-state index in [1.165, 1.54) is 10.2 Å². The van der Waals surface area contributed by atoms with E-state index in [-0.39, 0.29) is 0 Å². The highest BCUT2D eigenvalue weighted by Crippen LogP contribution is 2.38. The van der Waals surface area contributed by atoms with Crippen LogP contribution in [-0.2, 0) is 32.2 Å². The summed E-state index contributed by atoms with van der Waals surface area (Å²) in [6.45, 7) is 5.59. The number of benzene rings is 4. The number of rotatable bonds is 7. The average Bonchev–Trinajstić information content (AvgIpc) is 3.97. The van der Waals surface area contributed by atoms with Crippen LogP contribution in [0, 0.1) is 22.7 Å². The summed E-state index contributed by atoms with van der Waals surface area (Å²) in [4.78, 5) is 3.21. The van der Waals surface area contributed by atoms with E-state index in [9.17, 15) is 27.4 Å². The lowest BCUT2D eigenvalue weighted by Crippen LogP contribution is -2.07. The summed E-state index contributed by atoms with van der Waals surface area (Å²) >= 11 is 0. The molecule has 0 unspecified atom stereocenters. The predicted molar refractivity (Wildman–Crippen MR) is 227 cm³/mol. The summed E-state index contributed by atoms with van der Waals surface area (Å²) in [5.41, 5.74) is 8.69. The molecular weight excluding hydrogens is 784 g/mol. The van der Waals surface area contributed by atoms with Gasteiger partial charge in [0, 0.05) is 86.5 Å². The SMILES string of the molecule is CCn1c(-c2ccc3[nH]ccc3c2)c(C#N)c2ccc(OC)cc21.CCn1c(-c2ccc3c(ccn3S(C)(=O)=O)c2)c(C#N)c2ccc(OC)cc21.CS(=O)(=O)Cl. The van der Waals surface area contributed by atoms with Crippen LogP contribution in [-0.4, -0.2) is 61.7 Å². The molecule has 8 rings (SSSR count). The highest BCUT2D eigenvalue weighted by molar-refractivity contribution is 8.13. The second-order valence-corrected chi connectivity index (χ2v) is 17.9. The maximum Gasteiger partial charge on any atom is 0.236 e. The van der Waals surface area contributed by atoms with Crippen LogP contribution < -0.4 is 9.47 Å². The fourth-order valence-corrected chi connectivity index (χ4v) is 7.96. The molecule has 0 aliphatic rings. The molecule has 15 heteroatoms. The monoisotopic (exact) mass is 822 g/mol. The van der Waals surface area contributed by atoms with Crippen LogP contribution >= 0.6 is 10.7 Å². The molecule has 4 aromatic heterocycles. The maximum absolute atomic E-state index is 11.9. The first-order chi connectivity index (χ1) is 27.1. The Labute approximate surface area is 335 Å². The van der Waals surface area contributed by atoms with E-state index in [0.717, 1.165) is 84.9 Å². The van der Waals surface area contributed by atoms with E-state index in [1.807, 2.05) is 67.7 Å². The summed E-state index contributed by atoms with van der Waals surface area (Å²) < 4.78 is 58.9. The molecule has 0 spiro atoms. The number of nitrogens with one attached hydrogen (secondary N) is 1. The lowest BCUT2D eigenvalue weighted by molar-refractivity contribution is 0.415. The quantitative estimate of drug-likeness (QED) is 0.156. The molecule has 0 saturated heterocycles. The first kappa shape index (κ1) is 40.5. The lowest BCUT2D eigenvalue weighted by atomic mass is 10.0. The zero-order valence-electron chi connectivity index (χ0n) is 32.0. The van der Waals surface area contributed by atoms with E-state index < -0.39 is 19.1 Å². The van der Waals surface area contributed by atoms with E-state index >= 15 is 0 Å². The fourth-order valence-electron chi connectivity index (χ4n) is 7.15. The summed E-state index contributed by atoms with van der Waals surface area (Å²) in [5.74, 6) is 1.53. The van der Waals surface area contributed by atoms with Crippen molar-refractivity contribution in [3.05, 3.63) is 108 Å². The van der Waals surface area contributed by atoms with Crippen molar-refractivity contribution in [2.75, 3.05) is 26.7 Å². The molecule has 0 aliphatic heterocycles. The minimum atomic E-state index is -3.37. The number of methoxy groups -OCH3 is 2. The minimum Gasteiger partial charge on any atom is -0.497 e. The summed E-state index contributed by atoms with van der Waals surface area (Å²) in [6.07, 6.45) is 5.58. The molecule has 57 heavy (non-hydrogen) atoms. The van der Waals surface area contributed by atoms with Crippen molar-refractivity contribution in [2.45, 2.75) is 26.9 Å². The van der Waals surface area contributed by atoms with Gasteiger partial charge in [-0.05, 0) is 74.5 Å². The minimum absolute atomic E-state index is 0.599. The molecule has 12 nitrogen and oxygen atoms in total. The molecule has 0 radical (unpaired) electrons. The molecular formula is C42H39ClN6O6S2. The van der Waals surface area contributed by atoms with Gasteiger partial charge in [0.2, 0.25) is 19.1 Å². The molecule has 292 valence electrons. The highest BCUT2D eigenvalue weighted by Gasteiger charge is 2.21. The highest BCUT2D eigenvalue weighted by atomic mass is 35.7. The summed E-state index contributed by atoms with van der Waals surface area (Å²) in [5, 5.41) is 23.4. The standard InChI is InChI=1S/C21H19N3O3S.C20H17N3O.CH3ClO2S/c1-4-23-20-12-16(27-2)6-7-17(20)18(13-22)21(23)15-5-8-19-14(11-15)9-10-24(19)28(3,25)26;1-3-23-19-11-15(24-2)5-6-16(19)17(12-21)20(23)14-4-7-18-13(10-14)8-9-22-18;1-5(2,3)4/h5-12H,4H2,1-3H3;4-11,22H,3H2,1-2H3;1H3. The Hall–Kier alpha value is -6.19. The Morgan fingerprint density at radius 3 is 1.61 bits per heavy atom. The first-order valence-corrected chi connectivity index (χ1v) is 22.2. The number of aromatic amines is 1. The molecule has 0 amide bonds. The third kappa shape index (κ3) is 8.07. The van der Waals surface area contributed by atoms with Crippen LogP contribution in [0.4, 0.5) is 0 Å². The van der Waals surface area contributed by atoms with Gasteiger partial charge in [-0.1, -0.05) is 12.1 Å². The molecule has 0 aliphatic carbocycles. The molecule has 0 atom stereocenters. The van der Waals surface area contributed by atoms with Crippen molar-refractivity contribution in [3.63, 3.8) is 0 Å². The van der Waals surface area contributed by atoms with Crippen molar-refractivity contribution < 1.29 is 26.3 Å². The zero-order valence-corrected chi connectivity index (χ0v) is 34.4. The van der Waals surface area contributed by atoms with E-state index in [1.54, 1.807) is 32.5 Å². The van der Waals surface area contributed by atoms with Gasteiger partial charge in [-0.3, -0.25) is 0 Å². The molecule has 0 bridgehead atoms. The van der Waals surface area contributed by atoms with Crippen molar-refractivity contribution in [1.29, 1.82) is 10.5 Å². The van der Waals surface area contributed by atoms with Gasteiger partial charge >= 0.3 is 0 Å². The van der Waals surface area contributed by atoms with E-state index in [0.29, 0.717) is 23.2 Å². The zero-order chi connectivity index (χ0) is 41.2. The number of hydrogen-bond acceptors (Lipinski definition) is 8. The van der Waals surface area contributed by atoms with Crippen molar-refractivity contribution in [3.8, 4) is 46.2 Å². The Kier molecular flexibility index (Phi) is 11.4. The van der Waals surface area contributed by atoms with Crippen LogP contribution in [0.2, 0.25) is 0 Å². The number of halogens is 1. The van der Waals surface area contributed by atoms with Gasteiger partial charge in [0.25, 0.3) is 0 Å². The predicted octanol–water partition coefficient (Wildman–Crippen LogP) is 8.85. The maximum atomic E-state index is 11.9. The average molecular weight is 823 g/mol. The molecule has 4 heterocycles. The molecule has 0 saturated carbocycles. The Bertz CT molecular complexity index is 3120. The second-order valence-electron chi connectivity index (χ2n) is 13.0. The Morgan fingerprint density at radius 2 is 1.16 bits per heavy atom. The van der Waals surface area contributed by atoms with Crippen LogP contribution in [0.15, 0.2) is 97.3 Å². The first-order valence-electron chi connectivity index (χ1n) is 17.6. The third-order valence-corrected chi connectivity index (χ3v) is 10.5. The van der Waals surface area contributed by atoms with Crippen LogP contribution in [0.1, 0.15) is 25.0 Å². The van der Waals surface area contributed by atoms with Gasteiger partial charge in [0.1, 0.15) is 23.6 Å². The molecule has 8 aromatic rings. The fraction of sp³-hybridized carbons (Fsp3) is 0.190. The normalized spacial score (nSPS) is 11.5. The number of aryl methyl sites for hydroxylation is 2. The van der Waals surface area contributed by atoms with Crippen LogP contribution in [0.25, 0.3) is 66.1 Å². The molecule has 1 N–H and O–H groups in total. The summed E-state index contributed by atoms with van der Waals surface area (Å²) in [6, 6.07) is 32.0. The topological polar surface area (TPSA) is 165 Å². The summed E-state index contributed by atoms with van der Waals surface area (Å²) in [7, 11) is 1.21. The van der Waals surface area contributed by atoms with E-state index in [2.05, 4.69) is 62.1 Å². The number of H-pyrrole nitrogens is 1. The van der Waals surface area contributed by atoms with Crippen molar-refractivity contribution in [1.82, 2.24) is 18.1 Å². The Morgan fingerprint density at radius 1 is 0.667 bits per heavy atom. The largest absolute Gasteiger partial charge is 0.497 e. The van der Waals surface area contributed by atoms with Crippen LogP contribution in [0.3, 0.4) is 0 Å². The van der Waals surface area contributed by atoms with E-state index in [4.69, 9.17) is 9.47 Å². The van der Waals surface area contributed by atoms with Crippen molar-refractivity contribution >= 4 is 73.4 Å². The number of ether oxygens (including phenoxy) is 2. The number of aromatic nitrogens is 4. The number of nitriles is 2. The molecule has 0 fully saturated rings. The number of hydrogen-bond donors (Lipinski definition) is 1.